The first-order valence-corrected chi connectivity index (χ1v) is 12.5. The lowest BCUT2D eigenvalue weighted by Crippen LogP contribution is -2.34. The second kappa shape index (κ2) is 10.7. The summed E-state index contributed by atoms with van der Waals surface area (Å²) in [5.74, 6) is -0.719. The largest absolute Gasteiger partial charge is 0.356 e. The molecule has 3 rings (SSSR count). The van der Waals surface area contributed by atoms with Gasteiger partial charge in [0, 0.05) is 39.1 Å². The van der Waals surface area contributed by atoms with Crippen molar-refractivity contribution in [3.8, 4) is 0 Å². The van der Waals surface area contributed by atoms with E-state index in [9.17, 15) is 17.6 Å². The highest BCUT2D eigenvalue weighted by molar-refractivity contribution is 7.92. The van der Waals surface area contributed by atoms with Gasteiger partial charge < -0.3 is 5.32 Å². The Morgan fingerprint density at radius 3 is 2.55 bits per heavy atom. The van der Waals surface area contributed by atoms with Crippen LogP contribution in [0, 0.1) is 5.82 Å². The molecule has 31 heavy (non-hydrogen) atoms. The van der Waals surface area contributed by atoms with E-state index in [4.69, 9.17) is 0 Å². The molecule has 8 heteroatoms. The van der Waals surface area contributed by atoms with Gasteiger partial charge in [-0.3, -0.25) is 14.0 Å². The van der Waals surface area contributed by atoms with Gasteiger partial charge in [0.2, 0.25) is 15.9 Å². The zero-order chi connectivity index (χ0) is 22.3. The summed E-state index contributed by atoms with van der Waals surface area (Å²) in [5, 5.41) is 2.90. The van der Waals surface area contributed by atoms with Crippen molar-refractivity contribution in [2.24, 2.45) is 0 Å². The van der Waals surface area contributed by atoms with Crippen LogP contribution in [0.15, 0.2) is 48.5 Å². The molecular weight excluding hydrogens is 417 g/mol. The Hall–Kier alpha value is -2.45. The molecular formula is C23H30FN3O3S. The van der Waals surface area contributed by atoms with E-state index in [1.54, 1.807) is 6.07 Å². The van der Waals surface area contributed by atoms with Crippen LogP contribution in [0.25, 0.3) is 0 Å². The van der Waals surface area contributed by atoms with Crippen molar-refractivity contribution in [3.63, 3.8) is 0 Å². The second-order valence-electron chi connectivity index (χ2n) is 7.89. The predicted molar refractivity (Wildman–Crippen MR) is 121 cm³/mol. The molecule has 2 aromatic rings. The van der Waals surface area contributed by atoms with Crippen LogP contribution in [-0.4, -0.2) is 51.7 Å². The van der Waals surface area contributed by atoms with Gasteiger partial charge in [-0.2, -0.15) is 0 Å². The van der Waals surface area contributed by atoms with Gasteiger partial charge in [-0.25, -0.2) is 12.8 Å². The quantitative estimate of drug-likeness (QED) is 0.569. The maximum absolute atomic E-state index is 14.0. The smallest absolute Gasteiger partial charge is 0.232 e. The predicted octanol–water partition coefficient (Wildman–Crippen LogP) is 2.94. The highest BCUT2D eigenvalue weighted by Gasteiger charge is 2.20. The molecule has 0 bridgehead atoms. The minimum atomic E-state index is -3.64. The van der Waals surface area contributed by atoms with Gasteiger partial charge in [0.05, 0.1) is 11.9 Å². The minimum Gasteiger partial charge on any atom is -0.356 e. The molecule has 0 radical (unpaired) electrons. The van der Waals surface area contributed by atoms with Gasteiger partial charge in [0.25, 0.3) is 0 Å². The van der Waals surface area contributed by atoms with Gasteiger partial charge in [0.15, 0.2) is 0 Å². The third-order valence-electron chi connectivity index (χ3n) is 5.47. The first kappa shape index (κ1) is 23.2. The molecule has 0 atom stereocenters. The van der Waals surface area contributed by atoms with Crippen LogP contribution in [0.5, 0.6) is 0 Å². The number of hydrogen-bond acceptors (Lipinski definition) is 4. The number of hydrogen-bond donors (Lipinski definition) is 1. The van der Waals surface area contributed by atoms with E-state index in [1.165, 1.54) is 29.3 Å². The summed E-state index contributed by atoms with van der Waals surface area (Å²) in [7, 11) is -3.64. The number of fused-ring (bicyclic) bond motifs is 1. The van der Waals surface area contributed by atoms with Gasteiger partial charge in [-0.1, -0.05) is 36.4 Å². The molecule has 0 aliphatic carbocycles. The van der Waals surface area contributed by atoms with Crippen molar-refractivity contribution >= 4 is 21.6 Å². The van der Waals surface area contributed by atoms with E-state index in [0.29, 0.717) is 13.0 Å². The number of anilines is 1. The van der Waals surface area contributed by atoms with E-state index < -0.39 is 15.8 Å². The molecule has 0 fully saturated rings. The molecule has 168 valence electrons. The molecule has 2 aromatic carbocycles. The SMILES string of the molecule is CS(=O)(=O)N(CCCC(=O)NCCCN1CCc2ccccc2C1)c1ccccc1F. The van der Waals surface area contributed by atoms with Gasteiger partial charge in [0.1, 0.15) is 5.82 Å². The Bertz CT molecular complexity index is 997. The van der Waals surface area contributed by atoms with Crippen molar-refractivity contribution in [1.29, 1.82) is 0 Å². The third-order valence-corrected chi connectivity index (χ3v) is 6.65. The summed E-state index contributed by atoms with van der Waals surface area (Å²) in [5.41, 5.74) is 2.81. The van der Waals surface area contributed by atoms with E-state index in [1.807, 2.05) is 0 Å². The molecule has 0 saturated carbocycles. The van der Waals surface area contributed by atoms with E-state index in [-0.39, 0.29) is 24.6 Å². The summed E-state index contributed by atoms with van der Waals surface area (Å²) >= 11 is 0. The lowest BCUT2D eigenvalue weighted by atomic mass is 10.00. The molecule has 1 N–H and O–H groups in total. The van der Waals surface area contributed by atoms with Crippen molar-refractivity contribution in [1.82, 2.24) is 10.2 Å². The summed E-state index contributed by atoms with van der Waals surface area (Å²) in [6.45, 7) is 3.54. The number of carbonyl (C=O) groups is 1. The highest BCUT2D eigenvalue weighted by atomic mass is 32.2. The Kier molecular flexibility index (Phi) is 8.03. The number of amides is 1. The first-order chi connectivity index (χ1) is 14.8. The maximum Gasteiger partial charge on any atom is 0.232 e. The summed E-state index contributed by atoms with van der Waals surface area (Å²) < 4.78 is 39.1. The van der Waals surface area contributed by atoms with Gasteiger partial charge in [-0.05, 0) is 42.5 Å². The molecule has 0 saturated heterocycles. The molecule has 1 heterocycles. The average Bonchev–Trinajstić information content (AvgIpc) is 2.74. The van der Waals surface area contributed by atoms with Crippen LogP contribution < -0.4 is 9.62 Å². The monoisotopic (exact) mass is 447 g/mol. The number of rotatable bonds is 10. The Balaban J connectivity index is 1.37. The molecule has 1 amide bonds. The molecule has 6 nitrogen and oxygen atoms in total. The van der Waals surface area contributed by atoms with Crippen LogP contribution >= 0.6 is 0 Å². The first-order valence-electron chi connectivity index (χ1n) is 10.6. The summed E-state index contributed by atoms with van der Waals surface area (Å²) in [6, 6.07) is 14.2. The molecule has 0 aromatic heterocycles. The van der Waals surface area contributed by atoms with Crippen LogP contribution in [-0.2, 0) is 27.8 Å². The Morgan fingerprint density at radius 2 is 1.81 bits per heavy atom. The van der Waals surface area contributed by atoms with Crippen molar-refractivity contribution in [3.05, 3.63) is 65.5 Å². The summed E-state index contributed by atoms with van der Waals surface area (Å²) in [6.07, 6.45) is 3.46. The topological polar surface area (TPSA) is 69.7 Å². The van der Waals surface area contributed by atoms with Gasteiger partial charge >= 0.3 is 0 Å². The lowest BCUT2D eigenvalue weighted by Gasteiger charge is -2.28. The second-order valence-corrected chi connectivity index (χ2v) is 9.80. The van der Waals surface area contributed by atoms with Crippen LogP contribution in [0.4, 0.5) is 10.1 Å². The highest BCUT2D eigenvalue weighted by Crippen LogP contribution is 2.22. The molecule has 0 unspecified atom stereocenters. The number of nitrogens with one attached hydrogen (secondary N) is 1. The fourth-order valence-electron chi connectivity index (χ4n) is 3.87. The standard InChI is InChI=1S/C23H30FN3O3S/c1-31(29,30)27(22-11-5-4-10-21(22)24)16-6-12-23(28)25-14-7-15-26-17-13-19-8-2-3-9-20(19)18-26/h2-5,8-11H,6-7,12-18H2,1H3,(H,25,28). The van der Waals surface area contributed by atoms with Crippen LogP contribution in [0.3, 0.4) is 0 Å². The number of sulfonamides is 1. The number of nitrogens with zero attached hydrogens (tertiary/aromatic N) is 2. The van der Waals surface area contributed by atoms with Crippen LogP contribution in [0.2, 0.25) is 0 Å². The maximum atomic E-state index is 14.0. The van der Waals surface area contributed by atoms with Crippen LogP contribution in [0.1, 0.15) is 30.4 Å². The Labute approximate surface area is 184 Å². The number of para-hydroxylation sites is 1. The number of halogens is 1. The van der Waals surface area contributed by atoms with Gasteiger partial charge in [-0.15, -0.1) is 0 Å². The van der Waals surface area contributed by atoms with E-state index >= 15 is 0 Å². The zero-order valence-corrected chi connectivity index (χ0v) is 18.7. The van der Waals surface area contributed by atoms with E-state index in [2.05, 4.69) is 34.5 Å². The number of carbonyl (C=O) groups excluding carboxylic acids is 1. The average molecular weight is 448 g/mol. The molecule has 0 spiro atoms. The third kappa shape index (κ3) is 6.77. The summed E-state index contributed by atoms with van der Waals surface area (Å²) in [4.78, 5) is 14.5. The minimum absolute atomic E-state index is 0.00788. The normalized spacial score (nSPS) is 14.1. The van der Waals surface area contributed by atoms with E-state index in [0.717, 1.165) is 43.0 Å². The van der Waals surface area contributed by atoms with Crippen molar-refractivity contribution < 1.29 is 17.6 Å². The Morgan fingerprint density at radius 1 is 1.10 bits per heavy atom. The number of benzene rings is 2. The zero-order valence-electron chi connectivity index (χ0n) is 17.9. The molecule has 1 aliphatic rings. The van der Waals surface area contributed by atoms with Crippen molar-refractivity contribution in [2.45, 2.75) is 32.2 Å². The van der Waals surface area contributed by atoms with Crippen molar-refractivity contribution in [2.75, 3.05) is 36.7 Å². The molecule has 1 aliphatic heterocycles. The fourth-order valence-corrected chi connectivity index (χ4v) is 4.83. The lowest BCUT2D eigenvalue weighted by molar-refractivity contribution is -0.121. The fraction of sp³-hybridized carbons (Fsp3) is 0.435.